The van der Waals surface area contributed by atoms with E-state index in [0.717, 1.165) is 12.2 Å². The number of aryl methyl sites for hydroxylation is 1. The maximum atomic E-state index is 4.18. The van der Waals surface area contributed by atoms with E-state index < -0.39 is 0 Å². The number of anilines is 1. The topological polar surface area (TPSA) is 24.9 Å². The van der Waals surface area contributed by atoms with Crippen LogP contribution in [0.2, 0.25) is 0 Å². The Morgan fingerprint density at radius 3 is 2.32 bits per heavy atom. The largest absolute Gasteiger partial charge is 0.380 e. The summed E-state index contributed by atoms with van der Waals surface area (Å²) in [6.45, 7) is 9.59. The standard InChI is InChI=1S/C17H22N2/c1-13-9-16(12-18-10-13)19-11-14-5-7-15(8-6-14)17(2,3)4/h5-10,12,19H,11H2,1-4H3. The van der Waals surface area contributed by atoms with Crippen LogP contribution in [0.5, 0.6) is 0 Å². The molecule has 2 heteroatoms. The zero-order valence-electron chi connectivity index (χ0n) is 12.2. The Morgan fingerprint density at radius 1 is 1.05 bits per heavy atom. The van der Waals surface area contributed by atoms with Crippen LogP contribution in [0.3, 0.4) is 0 Å². The molecule has 0 radical (unpaired) electrons. The van der Waals surface area contributed by atoms with Gasteiger partial charge in [0, 0.05) is 18.9 Å². The average Bonchev–Trinajstić information content (AvgIpc) is 2.36. The lowest BCUT2D eigenvalue weighted by Gasteiger charge is -2.19. The second-order valence-corrected chi connectivity index (χ2v) is 6.05. The van der Waals surface area contributed by atoms with E-state index >= 15 is 0 Å². The molecular weight excluding hydrogens is 232 g/mol. The first-order chi connectivity index (χ1) is 8.95. The number of aromatic nitrogens is 1. The maximum absolute atomic E-state index is 4.18. The number of rotatable bonds is 3. The first-order valence-corrected chi connectivity index (χ1v) is 6.70. The summed E-state index contributed by atoms with van der Waals surface area (Å²) in [5, 5.41) is 3.40. The van der Waals surface area contributed by atoms with Crippen LogP contribution in [0.15, 0.2) is 42.7 Å². The minimum absolute atomic E-state index is 0.215. The highest BCUT2D eigenvalue weighted by Crippen LogP contribution is 2.22. The van der Waals surface area contributed by atoms with Crippen molar-refractivity contribution in [3.8, 4) is 0 Å². The molecule has 2 nitrogen and oxygen atoms in total. The third-order valence-corrected chi connectivity index (χ3v) is 3.19. The fourth-order valence-electron chi connectivity index (χ4n) is 1.98. The Labute approximate surface area is 115 Å². The quantitative estimate of drug-likeness (QED) is 0.883. The van der Waals surface area contributed by atoms with Gasteiger partial charge in [-0.05, 0) is 35.1 Å². The van der Waals surface area contributed by atoms with Crippen LogP contribution in [0.4, 0.5) is 5.69 Å². The lowest BCUT2D eigenvalue weighted by Crippen LogP contribution is -2.11. The number of nitrogens with zero attached hydrogens (tertiary/aromatic N) is 1. The molecule has 0 bridgehead atoms. The Bertz CT molecular complexity index is 536. The molecule has 0 saturated carbocycles. The van der Waals surface area contributed by atoms with E-state index in [1.807, 2.05) is 12.4 Å². The lowest BCUT2D eigenvalue weighted by atomic mass is 9.87. The number of benzene rings is 1. The van der Waals surface area contributed by atoms with E-state index in [4.69, 9.17) is 0 Å². The van der Waals surface area contributed by atoms with Crippen molar-refractivity contribution in [2.45, 2.75) is 39.7 Å². The Hall–Kier alpha value is -1.83. The summed E-state index contributed by atoms with van der Waals surface area (Å²) in [7, 11) is 0. The second-order valence-electron chi connectivity index (χ2n) is 6.05. The molecule has 2 aromatic rings. The first kappa shape index (κ1) is 13.6. The van der Waals surface area contributed by atoms with Crippen molar-refractivity contribution in [1.82, 2.24) is 4.98 Å². The maximum Gasteiger partial charge on any atom is 0.0532 e. The number of pyridine rings is 1. The molecule has 100 valence electrons. The molecule has 1 heterocycles. The van der Waals surface area contributed by atoms with E-state index in [0.29, 0.717) is 0 Å². The summed E-state index contributed by atoms with van der Waals surface area (Å²) in [6, 6.07) is 10.9. The van der Waals surface area contributed by atoms with Crippen LogP contribution in [-0.4, -0.2) is 4.98 Å². The van der Waals surface area contributed by atoms with Crippen LogP contribution in [0, 0.1) is 6.92 Å². The highest BCUT2D eigenvalue weighted by Gasteiger charge is 2.12. The van der Waals surface area contributed by atoms with Gasteiger partial charge in [0.25, 0.3) is 0 Å². The zero-order valence-corrected chi connectivity index (χ0v) is 12.2. The summed E-state index contributed by atoms with van der Waals surface area (Å²) in [5.41, 5.74) is 5.11. The van der Waals surface area contributed by atoms with Crippen LogP contribution < -0.4 is 5.32 Å². The third-order valence-electron chi connectivity index (χ3n) is 3.19. The zero-order chi connectivity index (χ0) is 13.9. The van der Waals surface area contributed by atoms with Gasteiger partial charge in [0.15, 0.2) is 0 Å². The van der Waals surface area contributed by atoms with Gasteiger partial charge in [0.2, 0.25) is 0 Å². The van der Waals surface area contributed by atoms with Gasteiger partial charge in [-0.2, -0.15) is 0 Å². The summed E-state index contributed by atoms with van der Waals surface area (Å²) >= 11 is 0. The molecule has 0 spiro atoms. The fourth-order valence-corrected chi connectivity index (χ4v) is 1.98. The summed E-state index contributed by atoms with van der Waals surface area (Å²) in [4.78, 5) is 4.18. The van der Waals surface area contributed by atoms with Gasteiger partial charge >= 0.3 is 0 Å². The number of hydrogen-bond donors (Lipinski definition) is 1. The van der Waals surface area contributed by atoms with Gasteiger partial charge < -0.3 is 5.32 Å². The van der Waals surface area contributed by atoms with Crippen LogP contribution in [-0.2, 0) is 12.0 Å². The van der Waals surface area contributed by atoms with Gasteiger partial charge in [-0.25, -0.2) is 0 Å². The van der Waals surface area contributed by atoms with Gasteiger partial charge in [0.05, 0.1) is 5.69 Å². The molecule has 1 aromatic carbocycles. The van der Waals surface area contributed by atoms with E-state index in [-0.39, 0.29) is 5.41 Å². The molecule has 0 atom stereocenters. The number of hydrogen-bond acceptors (Lipinski definition) is 2. The highest BCUT2D eigenvalue weighted by molar-refractivity contribution is 5.43. The number of nitrogens with one attached hydrogen (secondary N) is 1. The molecule has 0 aliphatic heterocycles. The van der Waals surface area contributed by atoms with Crippen molar-refractivity contribution in [2.75, 3.05) is 5.32 Å². The molecular formula is C17H22N2. The fraction of sp³-hybridized carbons (Fsp3) is 0.353. The third kappa shape index (κ3) is 3.82. The van der Waals surface area contributed by atoms with Crippen LogP contribution >= 0.6 is 0 Å². The van der Waals surface area contributed by atoms with Crippen molar-refractivity contribution in [3.05, 3.63) is 59.4 Å². The lowest BCUT2D eigenvalue weighted by molar-refractivity contribution is 0.590. The highest BCUT2D eigenvalue weighted by atomic mass is 14.9. The Kier molecular flexibility index (Phi) is 3.89. The summed E-state index contributed by atoms with van der Waals surface area (Å²) < 4.78 is 0. The van der Waals surface area contributed by atoms with Gasteiger partial charge in [-0.15, -0.1) is 0 Å². The minimum Gasteiger partial charge on any atom is -0.380 e. The molecule has 1 aromatic heterocycles. The predicted octanol–water partition coefficient (Wildman–Crippen LogP) is 4.30. The molecule has 0 aliphatic rings. The normalized spacial score (nSPS) is 11.4. The molecule has 2 rings (SSSR count). The van der Waals surface area contributed by atoms with Gasteiger partial charge in [-0.3, -0.25) is 4.98 Å². The summed E-state index contributed by atoms with van der Waals surface area (Å²) in [5.74, 6) is 0. The molecule has 0 amide bonds. The second kappa shape index (κ2) is 5.43. The SMILES string of the molecule is Cc1cncc(NCc2ccc(C(C)(C)C)cc2)c1. The molecule has 19 heavy (non-hydrogen) atoms. The van der Waals surface area contributed by atoms with Crippen molar-refractivity contribution >= 4 is 5.69 Å². The molecule has 0 saturated heterocycles. The molecule has 0 unspecified atom stereocenters. The van der Waals surface area contributed by atoms with E-state index in [9.17, 15) is 0 Å². The van der Waals surface area contributed by atoms with Crippen molar-refractivity contribution in [3.63, 3.8) is 0 Å². The summed E-state index contributed by atoms with van der Waals surface area (Å²) in [6.07, 6.45) is 3.72. The van der Waals surface area contributed by atoms with E-state index in [1.165, 1.54) is 16.7 Å². The monoisotopic (exact) mass is 254 g/mol. The smallest absolute Gasteiger partial charge is 0.0532 e. The van der Waals surface area contributed by atoms with Gasteiger partial charge in [0.1, 0.15) is 0 Å². The van der Waals surface area contributed by atoms with Gasteiger partial charge in [-0.1, -0.05) is 45.0 Å². The van der Waals surface area contributed by atoms with Crippen molar-refractivity contribution in [2.24, 2.45) is 0 Å². The minimum atomic E-state index is 0.215. The molecule has 0 aliphatic carbocycles. The molecule has 0 fully saturated rings. The van der Waals surface area contributed by atoms with E-state index in [2.05, 4.69) is 68.3 Å². The molecule has 1 N–H and O–H groups in total. The van der Waals surface area contributed by atoms with Crippen molar-refractivity contribution in [1.29, 1.82) is 0 Å². The predicted molar refractivity (Wildman–Crippen MR) is 81.4 cm³/mol. The Morgan fingerprint density at radius 2 is 1.74 bits per heavy atom. The van der Waals surface area contributed by atoms with Crippen LogP contribution in [0.1, 0.15) is 37.5 Å². The Balaban J connectivity index is 2.01. The van der Waals surface area contributed by atoms with Crippen LogP contribution in [0.25, 0.3) is 0 Å². The average molecular weight is 254 g/mol. The van der Waals surface area contributed by atoms with Crippen molar-refractivity contribution < 1.29 is 0 Å². The first-order valence-electron chi connectivity index (χ1n) is 6.70. The van der Waals surface area contributed by atoms with E-state index in [1.54, 1.807) is 0 Å².